The van der Waals surface area contributed by atoms with Gasteiger partial charge >= 0.3 is 5.97 Å². The molecule has 19 amide bonds. The fraction of sp³-hybridized carbons (Fsp3) is 0.745. The van der Waals surface area contributed by atoms with E-state index in [1.165, 1.54) is 31.7 Å². The van der Waals surface area contributed by atoms with Crippen LogP contribution in [0, 0.1) is 47.3 Å². The van der Waals surface area contributed by atoms with Crippen molar-refractivity contribution in [2.24, 2.45) is 64.5 Å². The monoisotopic (exact) mass is 1990 g/mol. The number of likely N-dealkylation sites (tertiary alicyclic amines) is 1. The standard InChI is InChI=1S/C94H163N21O25/c1-21-25-26-30-56(119)44-70(121)98-58(24-4)93(138)115-39-29-32-68(115)86(131)107-66(45-117)84(129)105-64(42-48(7)8)82(127)110-72(51(13)14)89(134)108-67(46-118)85(130)106-65(43-49(9)10)83(128)111-74(53(17)18)90(135)112-73(52(15)16)88(133)101-59(33-34-69(97)120)78(123)104-63(41-47(5)6)81(126)109-71(50(11)12)87(132)99-57(23-3)77(122)114-76-55(20)140-94(139)62(31-27-28-37-95)103-79(124)60(35-38-96)100-80(125)61(36-40-116)102-91(136)75(54(19)22-2)113-92(76)137/h23-24,47-56,59-68,71-76,116-119H,21-22,25-46,95-96H2,1-20H3,(H2,97,120)(H,98,121)(H,99,132)(H,100,125)(H,101,133)(H,102,136)(H,103,124)(H,104,123)(H,105,129)(H,106,130)(H,107,131)(H,108,134)(H,109,126)(H,110,127)(H,111,128)(H,112,135)(H,113,137)(H,114,122)/b57-23-,58-24-/t54-,55+,56?,59+,60+,61-,62-,63-,64+,65+,66+,67+,68-,71+,72+,73-,74+,75-,76+/m0/s1. The van der Waals surface area contributed by atoms with Gasteiger partial charge in [0.05, 0.1) is 25.7 Å². The summed E-state index contributed by atoms with van der Waals surface area (Å²) in [5, 5.41) is 84.9. The van der Waals surface area contributed by atoms with Gasteiger partial charge in [-0.3, -0.25) is 91.1 Å². The number of rotatable bonds is 57. The molecule has 2 aliphatic rings. The molecular formula is C94H163N21O25. The molecule has 794 valence electrons. The smallest absolute Gasteiger partial charge is 0.328 e. The number of amides is 19. The number of carbonyl (C=O) groups excluding carboxylic acids is 20. The van der Waals surface area contributed by atoms with Crippen molar-refractivity contribution < 1.29 is 121 Å². The lowest BCUT2D eigenvalue weighted by Gasteiger charge is -2.32. The Morgan fingerprint density at radius 1 is 0.471 bits per heavy atom. The summed E-state index contributed by atoms with van der Waals surface area (Å²) in [6.45, 7) is 29.7. The number of allylic oxidation sites excluding steroid dienone is 2. The summed E-state index contributed by atoms with van der Waals surface area (Å²) < 4.78 is 5.83. The summed E-state index contributed by atoms with van der Waals surface area (Å²) in [5.74, 6) is -23.7. The highest BCUT2D eigenvalue weighted by molar-refractivity contribution is 6.05. The molecule has 2 aliphatic heterocycles. The van der Waals surface area contributed by atoms with E-state index in [2.05, 4.69) is 90.4 Å². The number of primary amides is 1. The van der Waals surface area contributed by atoms with Crippen molar-refractivity contribution in [2.45, 2.75) is 363 Å². The molecular weight excluding hydrogens is 1820 g/mol. The number of carbonyl (C=O) groups is 20. The van der Waals surface area contributed by atoms with Gasteiger partial charge in [-0.25, -0.2) is 4.79 Å². The SMILES string of the molecule is C/C=C(\NC(=O)[C@H](NC(=O)[C@H](CC(C)C)NC(=O)[C@@H](CCC(N)=O)NC(=O)[C@@H](NC(=O)[C@H](NC(=O)[C@@H](CC(C)C)NC(=O)[C@@H](CO)NC(=O)[C@H](NC(=O)[C@@H](CC(C)C)NC(=O)[C@@H](CO)NC(=O)[C@@H]1CCCN1C(=O)/C(=C/C)NC(=O)CC(O)CCCCC)C(C)C)C(C)C)C(C)C)C(C)C)C(=O)N[C@H]1C(=O)N[C@@H]([C@@H](C)CC)C(=O)N[C@@H](CCO)C(=O)N[C@H](CCN)C(=O)N[C@@H](CCCCN)C(=O)O[C@@H]1C. The van der Waals surface area contributed by atoms with Crippen molar-refractivity contribution in [3.63, 3.8) is 0 Å². The zero-order valence-electron chi connectivity index (χ0n) is 85.2. The second-order valence-electron chi connectivity index (χ2n) is 38.5. The number of hydrogen-bond acceptors (Lipinski definition) is 27. The number of unbranched alkanes of at least 4 members (excludes halogenated alkanes) is 3. The number of cyclic esters (lactones) is 1. The lowest BCUT2D eigenvalue weighted by atomic mass is 9.96. The number of ether oxygens (including phenoxy) is 1. The highest BCUT2D eigenvalue weighted by Gasteiger charge is 2.44. The summed E-state index contributed by atoms with van der Waals surface area (Å²) in [5.41, 5.74) is 16.5. The van der Waals surface area contributed by atoms with Crippen LogP contribution in [-0.4, -0.2) is 292 Å². The van der Waals surface area contributed by atoms with Gasteiger partial charge in [0.15, 0.2) is 0 Å². The second kappa shape index (κ2) is 63.4. The second-order valence-corrected chi connectivity index (χ2v) is 38.5. The average Bonchev–Trinajstić information content (AvgIpc) is 1.67. The van der Waals surface area contributed by atoms with E-state index in [-0.39, 0.29) is 107 Å². The molecule has 46 heteroatoms. The first-order chi connectivity index (χ1) is 65.7. The first-order valence-electron chi connectivity index (χ1n) is 49.0. The van der Waals surface area contributed by atoms with Crippen molar-refractivity contribution in [3.05, 3.63) is 23.5 Å². The maximum absolute atomic E-state index is 14.7. The van der Waals surface area contributed by atoms with Crippen LogP contribution < -0.4 is 108 Å². The number of nitrogens with two attached hydrogens (primary N) is 3. The molecule has 0 spiro atoms. The quantitative estimate of drug-likeness (QED) is 0.0159. The van der Waals surface area contributed by atoms with Crippen LogP contribution >= 0.6 is 0 Å². The zero-order valence-corrected chi connectivity index (χ0v) is 85.2. The summed E-state index contributed by atoms with van der Waals surface area (Å²) in [6.07, 6.45) is 2.26. The first-order valence-corrected chi connectivity index (χ1v) is 49.0. The molecule has 0 radical (unpaired) electrons. The number of aliphatic hydroxyl groups excluding tert-OH is 4. The minimum absolute atomic E-state index is 0.0437. The number of nitrogens with zero attached hydrogens (tertiary/aromatic N) is 1. The molecule has 0 aliphatic carbocycles. The molecule has 2 rings (SSSR count). The highest BCUT2D eigenvalue weighted by atomic mass is 16.5. The molecule has 27 N–H and O–H groups in total. The minimum atomic E-state index is -1.89. The largest absolute Gasteiger partial charge is 0.458 e. The first kappa shape index (κ1) is 125. The van der Waals surface area contributed by atoms with Gasteiger partial charge in [0.1, 0.15) is 114 Å². The van der Waals surface area contributed by atoms with Crippen molar-refractivity contribution in [3.8, 4) is 0 Å². The Balaban J connectivity index is 2.45. The minimum Gasteiger partial charge on any atom is -0.458 e. The number of nitrogens with one attached hydrogen (secondary N) is 17. The molecule has 140 heavy (non-hydrogen) atoms. The third-order valence-electron chi connectivity index (χ3n) is 23.7. The Morgan fingerprint density at radius 2 is 0.900 bits per heavy atom. The van der Waals surface area contributed by atoms with Crippen molar-refractivity contribution in [1.82, 2.24) is 95.3 Å². The summed E-state index contributed by atoms with van der Waals surface area (Å²) in [6, 6.07) is -24.2. The van der Waals surface area contributed by atoms with E-state index >= 15 is 0 Å². The van der Waals surface area contributed by atoms with E-state index in [0.29, 0.717) is 25.7 Å². The average molecular weight is 1990 g/mol. The highest BCUT2D eigenvalue weighted by Crippen LogP contribution is 2.23. The van der Waals surface area contributed by atoms with Crippen LogP contribution in [0.25, 0.3) is 0 Å². The Morgan fingerprint density at radius 3 is 1.34 bits per heavy atom. The molecule has 2 saturated heterocycles. The van der Waals surface area contributed by atoms with Crippen LogP contribution in [-0.2, 0) is 101 Å². The molecule has 0 aromatic rings. The molecule has 2 fully saturated rings. The van der Waals surface area contributed by atoms with E-state index in [1.54, 1.807) is 111 Å². The third kappa shape index (κ3) is 42.2. The van der Waals surface area contributed by atoms with Gasteiger partial charge < -0.3 is 138 Å². The molecule has 46 nitrogen and oxygen atoms in total. The molecule has 19 atom stereocenters. The van der Waals surface area contributed by atoms with Gasteiger partial charge in [0.25, 0.3) is 11.8 Å². The predicted molar refractivity (Wildman–Crippen MR) is 516 cm³/mol. The van der Waals surface area contributed by atoms with Gasteiger partial charge in [0, 0.05) is 19.6 Å². The van der Waals surface area contributed by atoms with Crippen molar-refractivity contribution in [1.29, 1.82) is 0 Å². The molecule has 0 saturated carbocycles. The van der Waals surface area contributed by atoms with E-state index in [9.17, 15) is 116 Å². The van der Waals surface area contributed by atoms with E-state index in [1.807, 2.05) is 6.92 Å². The number of hydrogen-bond donors (Lipinski definition) is 24. The maximum atomic E-state index is 14.7. The summed E-state index contributed by atoms with van der Waals surface area (Å²) in [7, 11) is 0. The zero-order chi connectivity index (χ0) is 106. The van der Waals surface area contributed by atoms with Gasteiger partial charge in [0.2, 0.25) is 100 Å². The Labute approximate surface area is 821 Å². The van der Waals surface area contributed by atoms with Crippen LogP contribution in [0.15, 0.2) is 23.5 Å². The van der Waals surface area contributed by atoms with Crippen LogP contribution in [0.2, 0.25) is 0 Å². The van der Waals surface area contributed by atoms with E-state index < -0.39 is 295 Å². The number of aliphatic hydroxyl groups is 4. The van der Waals surface area contributed by atoms with Crippen LogP contribution in [0.3, 0.4) is 0 Å². The summed E-state index contributed by atoms with van der Waals surface area (Å²) >= 11 is 0. The summed E-state index contributed by atoms with van der Waals surface area (Å²) in [4.78, 5) is 284. The Bertz CT molecular complexity index is 4220. The molecule has 0 aromatic heterocycles. The van der Waals surface area contributed by atoms with Crippen molar-refractivity contribution >= 4 is 118 Å². The third-order valence-corrected chi connectivity index (χ3v) is 23.7. The Kier molecular flexibility index (Phi) is 56.5. The lowest BCUT2D eigenvalue weighted by Crippen LogP contribution is -2.63. The molecule has 0 bridgehead atoms. The van der Waals surface area contributed by atoms with Crippen molar-refractivity contribution in [2.75, 3.05) is 39.5 Å². The molecule has 2 heterocycles. The fourth-order valence-electron chi connectivity index (χ4n) is 15.4. The maximum Gasteiger partial charge on any atom is 0.328 e. The van der Waals surface area contributed by atoms with Crippen LogP contribution in [0.1, 0.15) is 254 Å². The normalized spacial score (nSPS) is 20.1. The van der Waals surface area contributed by atoms with Gasteiger partial charge in [-0.05, 0) is 158 Å². The van der Waals surface area contributed by atoms with E-state index in [0.717, 1.165) is 18.9 Å². The number of esters is 1. The van der Waals surface area contributed by atoms with Crippen LogP contribution in [0.5, 0.6) is 0 Å². The predicted octanol–water partition coefficient (Wildman–Crippen LogP) is -3.52. The van der Waals surface area contributed by atoms with Gasteiger partial charge in [-0.1, -0.05) is 156 Å². The van der Waals surface area contributed by atoms with Gasteiger partial charge in [-0.2, -0.15) is 0 Å². The van der Waals surface area contributed by atoms with Gasteiger partial charge in [-0.15, -0.1) is 0 Å². The van der Waals surface area contributed by atoms with E-state index in [4.69, 9.17) is 21.9 Å². The molecule has 1 unspecified atom stereocenters. The fourth-order valence-corrected chi connectivity index (χ4v) is 15.4. The van der Waals surface area contributed by atoms with Crippen LogP contribution in [0.4, 0.5) is 0 Å². The molecule has 0 aromatic carbocycles. The lowest BCUT2D eigenvalue weighted by molar-refractivity contribution is -0.156. The topological polar surface area (TPSA) is 717 Å². The Hall–Kier alpha value is -11.4.